The van der Waals surface area contributed by atoms with Gasteiger partial charge in [0, 0.05) is 7.05 Å². The van der Waals surface area contributed by atoms with Crippen LogP contribution in [0.25, 0.3) is 0 Å². The van der Waals surface area contributed by atoms with Gasteiger partial charge in [-0.15, -0.1) is 5.10 Å². The molecule has 0 aromatic carbocycles. The van der Waals surface area contributed by atoms with Gasteiger partial charge in [-0.2, -0.15) is 0 Å². The SMILES string of the molecule is Cn1nnnc1C(N)C1CCCC1. The summed E-state index contributed by atoms with van der Waals surface area (Å²) in [4.78, 5) is 0. The highest BCUT2D eigenvalue weighted by Crippen LogP contribution is 2.32. The second-order valence-corrected chi connectivity index (χ2v) is 3.73. The van der Waals surface area contributed by atoms with E-state index < -0.39 is 0 Å². The average molecular weight is 181 g/mol. The summed E-state index contributed by atoms with van der Waals surface area (Å²) in [6, 6.07) is 0.0162. The Morgan fingerprint density at radius 2 is 2.15 bits per heavy atom. The number of hydrogen-bond donors (Lipinski definition) is 1. The molecule has 1 fully saturated rings. The van der Waals surface area contributed by atoms with E-state index in [2.05, 4.69) is 15.5 Å². The van der Waals surface area contributed by atoms with E-state index in [0.717, 1.165) is 5.82 Å². The molecule has 2 rings (SSSR count). The quantitative estimate of drug-likeness (QED) is 0.717. The molecule has 1 saturated carbocycles. The summed E-state index contributed by atoms with van der Waals surface area (Å²) >= 11 is 0. The van der Waals surface area contributed by atoms with Crippen LogP contribution < -0.4 is 5.73 Å². The van der Waals surface area contributed by atoms with Gasteiger partial charge >= 0.3 is 0 Å². The van der Waals surface area contributed by atoms with Gasteiger partial charge in [0.2, 0.25) is 0 Å². The molecule has 0 amide bonds. The van der Waals surface area contributed by atoms with Crippen molar-refractivity contribution in [2.45, 2.75) is 31.7 Å². The molecule has 5 heteroatoms. The Bertz CT molecular complexity index is 276. The Balaban J connectivity index is 2.12. The van der Waals surface area contributed by atoms with Crippen molar-refractivity contribution in [2.75, 3.05) is 0 Å². The fourth-order valence-electron chi connectivity index (χ4n) is 2.05. The lowest BCUT2D eigenvalue weighted by molar-refractivity contribution is 0.414. The predicted molar refractivity (Wildman–Crippen MR) is 47.7 cm³/mol. The fourth-order valence-corrected chi connectivity index (χ4v) is 2.05. The lowest BCUT2D eigenvalue weighted by atomic mass is 9.98. The molecule has 2 N–H and O–H groups in total. The predicted octanol–water partition coefficient (Wildman–Crippen LogP) is 0.400. The van der Waals surface area contributed by atoms with Gasteiger partial charge in [-0.05, 0) is 29.2 Å². The first-order chi connectivity index (χ1) is 6.29. The molecule has 1 aromatic rings. The first-order valence-electron chi connectivity index (χ1n) is 4.77. The van der Waals surface area contributed by atoms with Gasteiger partial charge in [-0.25, -0.2) is 4.68 Å². The van der Waals surface area contributed by atoms with E-state index in [0.29, 0.717) is 5.92 Å². The highest BCUT2D eigenvalue weighted by Gasteiger charge is 2.26. The molecule has 1 atom stereocenters. The molecule has 0 bridgehead atoms. The van der Waals surface area contributed by atoms with Crippen LogP contribution in [-0.4, -0.2) is 20.2 Å². The third kappa shape index (κ3) is 1.56. The fraction of sp³-hybridized carbons (Fsp3) is 0.875. The minimum Gasteiger partial charge on any atom is -0.321 e. The second-order valence-electron chi connectivity index (χ2n) is 3.73. The van der Waals surface area contributed by atoms with Crippen molar-refractivity contribution in [1.82, 2.24) is 20.2 Å². The van der Waals surface area contributed by atoms with Crippen LogP contribution in [0.3, 0.4) is 0 Å². The minimum atomic E-state index is 0.0162. The van der Waals surface area contributed by atoms with E-state index in [-0.39, 0.29) is 6.04 Å². The zero-order chi connectivity index (χ0) is 9.26. The van der Waals surface area contributed by atoms with Crippen molar-refractivity contribution in [3.8, 4) is 0 Å². The summed E-state index contributed by atoms with van der Waals surface area (Å²) in [6.45, 7) is 0. The molecule has 0 saturated heterocycles. The van der Waals surface area contributed by atoms with Crippen molar-refractivity contribution in [3.63, 3.8) is 0 Å². The maximum absolute atomic E-state index is 6.08. The summed E-state index contributed by atoms with van der Waals surface area (Å²) < 4.78 is 1.67. The molecule has 1 aliphatic carbocycles. The van der Waals surface area contributed by atoms with Crippen LogP contribution in [0.5, 0.6) is 0 Å². The Hall–Kier alpha value is -0.970. The van der Waals surface area contributed by atoms with Gasteiger partial charge in [0.25, 0.3) is 0 Å². The van der Waals surface area contributed by atoms with E-state index in [1.807, 2.05) is 7.05 Å². The van der Waals surface area contributed by atoms with Crippen LogP contribution in [0.2, 0.25) is 0 Å². The molecule has 1 aromatic heterocycles. The van der Waals surface area contributed by atoms with Gasteiger partial charge in [0.05, 0.1) is 6.04 Å². The topological polar surface area (TPSA) is 69.6 Å². The number of tetrazole rings is 1. The lowest BCUT2D eigenvalue weighted by Gasteiger charge is -2.16. The molecular formula is C8H15N5. The Kier molecular flexibility index (Phi) is 2.26. The van der Waals surface area contributed by atoms with E-state index >= 15 is 0 Å². The van der Waals surface area contributed by atoms with Crippen molar-refractivity contribution < 1.29 is 0 Å². The zero-order valence-electron chi connectivity index (χ0n) is 7.85. The van der Waals surface area contributed by atoms with Crippen LogP contribution in [0.1, 0.15) is 37.5 Å². The van der Waals surface area contributed by atoms with Gasteiger partial charge in [-0.1, -0.05) is 12.8 Å². The van der Waals surface area contributed by atoms with Crippen molar-refractivity contribution in [3.05, 3.63) is 5.82 Å². The van der Waals surface area contributed by atoms with Crippen molar-refractivity contribution in [2.24, 2.45) is 18.7 Å². The maximum atomic E-state index is 6.08. The highest BCUT2D eigenvalue weighted by molar-refractivity contribution is 4.94. The second kappa shape index (κ2) is 3.41. The van der Waals surface area contributed by atoms with Crippen LogP contribution in [-0.2, 0) is 7.05 Å². The Morgan fingerprint density at radius 1 is 1.46 bits per heavy atom. The molecule has 0 aliphatic heterocycles. The number of nitrogens with two attached hydrogens (primary N) is 1. The first kappa shape index (κ1) is 8.62. The van der Waals surface area contributed by atoms with Crippen LogP contribution in [0, 0.1) is 5.92 Å². The summed E-state index contributed by atoms with van der Waals surface area (Å²) in [6.07, 6.45) is 5.02. The molecule has 1 aliphatic rings. The summed E-state index contributed by atoms with van der Waals surface area (Å²) in [5, 5.41) is 11.3. The van der Waals surface area contributed by atoms with Crippen molar-refractivity contribution >= 4 is 0 Å². The summed E-state index contributed by atoms with van der Waals surface area (Å²) in [7, 11) is 1.84. The monoisotopic (exact) mass is 181 g/mol. The van der Waals surface area contributed by atoms with Crippen molar-refractivity contribution in [1.29, 1.82) is 0 Å². The van der Waals surface area contributed by atoms with E-state index in [9.17, 15) is 0 Å². The van der Waals surface area contributed by atoms with Crippen LogP contribution in [0.15, 0.2) is 0 Å². The maximum Gasteiger partial charge on any atom is 0.168 e. The molecule has 1 unspecified atom stereocenters. The smallest absolute Gasteiger partial charge is 0.168 e. The molecular weight excluding hydrogens is 166 g/mol. The van der Waals surface area contributed by atoms with E-state index in [4.69, 9.17) is 5.73 Å². The van der Waals surface area contributed by atoms with Crippen LogP contribution in [0.4, 0.5) is 0 Å². The van der Waals surface area contributed by atoms with E-state index in [1.54, 1.807) is 4.68 Å². The molecule has 5 nitrogen and oxygen atoms in total. The summed E-state index contributed by atoms with van der Waals surface area (Å²) in [5.74, 6) is 1.39. The minimum absolute atomic E-state index is 0.0162. The molecule has 1 heterocycles. The zero-order valence-corrected chi connectivity index (χ0v) is 7.85. The number of nitrogens with zero attached hydrogens (tertiary/aromatic N) is 4. The van der Waals surface area contributed by atoms with Gasteiger partial charge in [-0.3, -0.25) is 0 Å². The van der Waals surface area contributed by atoms with Crippen LogP contribution >= 0.6 is 0 Å². The molecule has 0 spiro atoms. The molecule has 0 radical (unpaired) electrons. The standard InChI is InChI=1S/C8H15N5/c1-13-8(10-11-12-13)7(9)6-4-2-3-5-6/h6-7H,2-5,9H2,1H3. The molecule has 72 valence electrons. The summed E-state index contributed by atoms with van der Waals surface area (Å²) in [5.41, 5.74) is 6.08. The number of hydrogen-bond acceptors (Lipinski definition) is 4. The Morgan fingerprint density at radius 3 is 2.69 bits per heavy atom. The lowest BCUT2D eigenvalue weighted by Crippen LogP contribution is -2.22. The Labute approximate surface area is 77.3 Å². The van der Waals surface area contributed by atoms with Gasteiger partial charge in [0.1, 0.15) is 0 Å². The largest absolute Gasteiger partial charge is 0.321 e. The first-order valence-corrected chi connectivity index (χ1v) is 4.77. The van der Waals surface area contributed by atoms with Gasteiger partial charge < -0.3 is 5.73 Å². The highest BCUT2D eigenvalue weighted by atomic mass is 15.5. The van der Waals surface area contributed by atoms with E-state index in [1.165, 1.54) is 25.7 Å². The normalized spacial score (nSPS) is 20.8. The number of rotatable bonds is 2. The average Bonchev–Trinajstić information content (AvgIpc) is 2.72. The molecule has 13 heavy (non-hydrogen) atoms. The number of aryl methyl sites for hydroxylation is 1. The number of aromatic nitrogens is 4. The third-order valence-electron chi connectivity index (χ3n) is 2.86. The van der Waals surface area contributed by atoms with Gasteiger partial charge in [0.15, 0.2) is 5.82 Å². The third-order valence-corrected chi connectivity index (χ3v) is 2.86.